The number of anilines is 1. The Kier molecular flexibility index (Phi) is 7.68. The second-order valence-corrected chi connectivity index (χ2v) is 7.83. The summed E-state index contributed by atoms with van der Waals surface area (Å²) in [7, 11) is 1.30. The molecule has 2 N–H and O–H groups in total. The summed E-state index contributed by atoms with van der Waals surface area (Å²) in [6, 6.07) is 4.20. The van der Waals surface area contributed by atoms with Gasteiger partial charge < -0.3 is 20.1 Å². The van der Waals surface area contributed by atoms with Crippen LogP contribution in [0.5, 0.6) is 0 Å². The van der Waals surface area contributed by atoms with Crippen LogP contribution in [-0.4, -0.2) is 42.6 Å². The van der Waals surface area contributed by atoms with Gasteiger partial charge in [0.1, 0.15) is 0 Å². The first-order valence-corrected chi connectivity index (χ1v) is 9.86. The lowest BCUT2D eigenvalue weighted by molar-refractivity contribution is -0.153. The second kappa shape index (κ2) is 9.61. The van der Waals surface area contributed by atoms with Crippen molar-refractivity contribution in [1.82, 2.24) is 5.32 Å². The molecule has 1 aromatic carbocycles. The number of halogens is 2. The zero-order valence-corrected chi connectivity index (χ0v) is 18.2. The summed E-state index contributed by atoms with van der Waals surface area (Å²) < 4.78 is 10.4. The molecular formula is C20H24Cl2N2O5. The molecule has 29 heavy (non-hydrogen) atoms. The van der Waals surface area contributed by atoms with Gasteiger partial charge in [0.25, 0.3) is 11.8 Å². The van der Waals surface area contributed by atoms with E-state index in [0.29, 0.717) is 27.7 Å². The Labute approximate surface area is 179 Å². The lowest BCUT2D eigenvalue weighted by atomic mass is 9.92. The van der Waals surface area contributed by atoms with Crippen LogP contribution in [0.3, 0.4) is 0 Å². The van der Waals surface area contributed by atoms with E-state index in [1.165, 1.54) is 25.3 Å². The minimum absolute atomic E-state index is 0.143. The molecule has 0 aromatic heterocycles. The molecule has 1 aliphatic heterocycles. The maximum Gasteiger partial charge on any atom is 0.305 e. The average molecular weight is 443 g/mol. The van der Waals surface area contributed by atoms with Crippen LogP contribution in [0.1, 0.15) is 33.6 Å². The summed E-state index contributed by atoms with van der Waals surface area (Å²) >= 11 is 12.0. The number of hydrogen-bond donors (Lipinski definition) is 2. The maximum atomic E-state index is 13.2. The third-order valence-corrected chi connectivity index (χ3v) is 4.99. The van der Waals surface area contributed by atoms with E-state index in [1.807, 2.05) is 0 Å². The molecule has 3 atom stereocenters. The van der Waals surface area contributed by atoms with Crippen molar-refractivity contribution in [2.24, 2.45) is 0 Å². The van der Waals surface area contributed by atoms with Crippen LogP contribution in [0.4, 0.5) is 5.69 Å². The molecule has 0 saturated heterocycles. The fraction of sp³-hybridized carbons (Fsp3) is 0.450. The Morgan fingerprint density at radius 2 is 1.83 bits per heavy atom. The molecule has 1 heterocycles. The molecule has 2 amide bonds. The van der Waals surface area contributed by atoms with Crippen LogP contribution in [0.25, 0.3) is 0 Å². The highest BCUT2D eigenvalue weighted by Crippen LogP contribution is 2.33. The minimum atomic E-state index is -1.84. The van der Waals surface area contributed by atoms with Gasteiger partial charge in [0.2, 0.25) is 5.60 Å². The van der Waals surface area contributed by atoms with Crippen molar-refractivity contribution in [3.05, 3.63) is 39.9 Å². The fourth-order valence-corrected chi connectivity index (χ4v) is 3.65. The first-order valence-electron chi connectivity index (χ1n) is 9.10. The number of methoxy groups -OCH3 is 1. The maximum absolute atomic E-state index is 13.2. The summed E-state index contributed by atoms with van der Waals surface area (Å²) in [5.41, 5.74) is -1.03. The highest BCUT2D eigenvalue weighted by atomic mass is 35.5. The molecule has 0 spiro atoms. The molecular weight excluding hydrogens is 419 g/mol. The number of benzene rings is 1. The Morgan fingerprint density at radius 1 is 1.21 bits per heavy atom. The zero-order chi connectivity index (χ0) is 21.8. The Morgan fingerprint density at radius 3 is 2.34 bits per heavy atom. The number of hydrogen-bond acceptors (Lipinski definition) is 5. The predicted molar refractivity (Wildman–Crippen MR) is 111 cm³/mol. The smallest absolute Gasteiger partial charge is 0.305 e. The summed E-state index contributed by atoms with van der Waals surface area (Å²) in [5, 5.41) is 6.11. The highest BCUT2D eigenvalue weighted by molar-refractivity contribution is 6.35. The van der Waals surface area contributed by atoms with E-state index in [2.05, 4.69) is 15.4 Å². The van der Waals surface area contributed by atoms with Crippen molar-refractivity contribution >= 4 is 46.7 Å². The van der Waals surface area contributed by atoms with E-state index in [4.69, 9.17) is 27.9 Å². The van der Waals surface area contributed by atoms with E-state index < -0.39 is 23.5 Å². The first kappa shape index (κ1) is 23.2. The Hall–Kier alpha value is -2.09. The zero-order valence-electron chi connectivity index (χ0n) is 16.7. The van der Waals surface area contributed by atoms with Gasteiger partial charge in [0.15, 0.2) is 0 Å². The van der Waals surface area contributed by atoms with Gasteiger partial charge in [0, 0.05) is 28.2 Å². The number of carbonyl (C=O) groups excluding carboxylic acids is 3. The number of nitrogens with one attached hydrogen (secondary N) is 2. The molecule has 2 rings (SSSR count). The number of amides is 2. The highest BCUT2D eigenvalue weighted by Gasteiger charge is 2.53. The molecule has 1 aromatic rings. The quantitative estimate of drug-likeness (QED) is 0.382. The molecule has 9 heteroatoms. The molecule has 0 aliphatic carbocycles. The van der Waals surface area contributed by atoms with Crippen LogP contribution in [0.15, 0.2) is 29.8 Å². The molecule has 2 unspecified atom stereocenters. The number of esters is 1. The van der Waals surface area contributed by atoms with Crippen LogP contribution < -0.4 is 10.6 Å². The average Bonchev–Trinajstić information content (AvgIpc) is 2.93. The minimum Gasteiger partial charge on any atom is -0.469 e. The van der Waals surface area contributed by atoms with Gasteiger partial charge >= 0.3 is 5.97 Å². The van der Waals surface area contributed by atoms with Crippen molar-refractivity contribution in [1.29, 1.82) is 0 Å². The van der Waals surface area contributed by atoms with Crippen LogP contribution >= 0.6 is 23.2 Å². The van der Waals surface area contributed by atoms with Gasteiger partial charge in [-0.2, -0.15) is 0 Å². The summed E-state index contributed by atoms with van der Waals surface area (Å²) in [4.78, 5) is 37.6. The van der Waals surface area contributed by atoms with Crippen LogP contribution in [-0.2, 0) is 23.9 Å². The monoisotopic (exact) mass is 442 g/mol. The number of ether oxygens (including phenoxy) is 2. The molecule has 7 nitrogen and oxygen atoms in total. The van der Waals surface area contributed by atoms with Gasteiger partial charge in [-0.3, -0.25) is 14.4 Å². The van der Waals surface area contributed by atoms with Crippen molar-refractivity contribution in [3.8, 4) is 0 Å². The number of rotatable bonds is 7. The lowest BCUT2D eigenvalue weighted by Crippen LogP contribution is -2.58. The third-order valence-electron chi connectivity index (χ3n) is 4.55. The second-order valence-electron chi connectivity index (χ2n) is 6.96. The predicted octanol–water partition coefficient (Wildman–Crippen LogP) is 3.49. The molecule has 158 valence electrons. The van der Waals surface area contributed by atoms with Crippen molar-refractivity contribution in [3.63, 3.8) is 0 Å². The van der Waals surface area contributed by atoms with Crippen molar-refractivity contribution in [2.45, 2.75) is 51.4 Å². The first-order chi connectivity index (χ1) is 13.6. The third kappa shape index (κ3) is 5.50. The van der Waals surface area contributed by atoms with Gasteiger partial charge in [-0.1, -0.05) is 29.3 Å². The van der Waals surface area contributed by atoms with E-state index in [9.17, 15) is 14.4 Å². The van der Waals surface area contributed by atoms with E-state index in [-0.39, 0.29) is 18.4 Å². The standard InChI is InChI=1S/C20H24Cl2N2O5/c1-11-7-13(3)29-20(11,18(26)23-12(2)5-6-17(25)28-4)19(27)24-16-9-14(21)8-15(22)10-16/h7-10,12-13H,5-6H2,1-4H3,(H,23,26)(H,24,27)/t12-,13?,20?/m0/s1. The van der Waals surface area contributed by atoms with E-state index in [0.717, 1.165) is 0 Å². The molecule has 0 bridgehead atoms. The summed E-state index contributed by atoms with van der Waals surface area (Å²) in [6.45, 7) is 5.14. The summed E-state index contributed by atoms with van der Waals surface area (Å²) in [6.07, 6.45) is 1.78. The normalized spacial score (nSPS) is 21.9. The Bertz CT molecular complexity index is 822. The van der Waals surface area contributed by atoms with Gasteiger partial charge in [-0.05, 0) is 51.0 Å². The Balaban J connectivity index is 2.22. The van der Waals surface area contributed by atoms with Gasteiger partial charge in [-0.15, -0.1) is 0 Å². The van der Waals surface area contributed by atoms with Gasteiger partial charge in [0.05, 0.1) is 13.2 Å². The molecule has 1 aliphatic rings. The topological polar surface area (TPSA) is 93.7 Å². The van der Waals surface area contributed by atoms with Crippen molar-refractivity contribution in [2.75, 3.05) is 12.4 Å². The van der Waals surface area contributed by atoms with Gasteiger partial charge in [-0.25, -0.2) is 0 Å². The largest absolute Gasteiger partial charge is 0.469 e. The fourth-order valence-electron chi connectivity index (χ4n) is 3.12. The summed E-state index contributed by atoms with van der Waals surface area (Å²) in [5.74, 6) is -1.65. The SMILES string of the molecule is COC(=O)CC[C@H](C)NC(=O)C1(C(=O)Nc2cc(Cl)cc(Cl)c2)OC(C)C=C1C. The number of carbonyl (C=O) groups is 3. The molecule has 0 radical (unpaired) electrons. The van der Waals surface area contributed by atoms with Crippen molar-refractivity contribution < 1.29 is 23.9 Å². The lowest BCUT2D eigenvalue weighted by Gasteiger charge is -2.30. The molecule has 0 saturated carbocycles. The van der Waals surface area contributed by atoms with E-state index >= 15 is 0 Å². The van der Waals surface area contributed by atoms with E-state index in [1.54, 1.807) is 26.8 Å². The molecule has 0 fully saturated rings. The van der Waals surface area contributed by atoms with Crippen LogP contribution in [0.2, 0.25) is 10.0 Å². The van der Waals surface area contributed by atoms with Crippen LogP contribution in [0, 0.1) is 0 Å².